The SMILES string of the molecule is CC(C)CC(C)CCCOC(=O)c1ccccc1C(=O)OCCCC(C)CC(C)C. The Morgan fingerprint density at radius 1 is 0.700 bits per heavy atom. The third-order valence-corrected chi connectivity index (χ3v) is 5.26. The van der Waals surface area contributed by atoms with Crippen molar-refractivity contribution < 1.29 is 19.1 Å². The van der Waals surface area contributed by atoms with E-state index in [0.29, 0.717) is 36.9 Å². The Balaban J connectivity index is 2.46. The smallest absolute Gasteiger partial charge is 0.339 e. The normalized spacial score (nSPS) is 13.3. The minimum atomic E-state index is -0.454. The predicted molar refractivity (Wildman–Crippen MR) is 123 cm³/mol. The van der Waals surface area contributed by atoms with Crippen LogP contribution in [0, 0.1) is 23.7 Å². The molecule has 4 nitrogen and oxygen atoms in total. The van der Waals surface area contributed by atoms with Crippen LogP contribution in [-0.2, 0) is 9.47 Å². The van der Waals surface area contributed by atoms with Gasteiger partial charge in [-0.1, -0.05) is 53.7 Å². The Hall–Kier alpha value is -1.84. The molecule has 0 N–H and O–H groups in total. The molecule has 170 valence electrons. The Morgan fingerprint density at radius 2 is 1.07 bits per heavy atom. The number of esters is 2. The third kappa shape index (κ3) is 10.8. The second-order valence-corrected chi connectivity index (χ2v) is 9.57. The zero-order valence-electron chi connectivity index (χ0n) is 19.9. The van der Waals surface area contributed by atoms with E-state index in [-0.39, 0.29) is 11.1 Å². The second kappa shape index (κ2) is 14.2. The second-order valence-electron chi connectivity index (χ2n) is 9.57. The van der Waals surface area contributed by atoms with E-state index in [9.17, 15) is 9.59 Å². The lowest BCUT2D eigenvalue weighted by atomic mass is 9.95. The van der Waals surface area contributed by atoms with Gasteiger partial charge in [0.1, 0.15) is 0 Å². The molecule has 0 radical (unpaired) electrons. The summed E-state index contributed by atoms with van der Waals surface area (Å²) in [6.07, 6.45) is 6.09. The van der Waals surface area contributed by atoms with Gasteiger partial charge in [-0.3, -0.25) is 0 Å². The Labute approximate surface area is 183 Å². The molecule has 0 aliphatic heterocycles. The molecule has 1 rings (SSSR count). The molecule has 2 unspecified atom stereocenters. The van der Waals surface area contributed by atoms with Crippen LogP contribution in [0.4, 0.5) is 0 Å². The van der Waals surface area contributed by atoms with Crippen molar-refractivity contribution >= 4 is 11.9 Å². The maximum Gasteiger partial charge on any atom is 0.339 e. The molecule has 0 saturated heterocycles. The van der Waals surface area contributed by atoms with Crippen LogP contribution in [-0.4, -0.2) is 25.2 Å². The molecule has 0 bridgehead atoms. The van der Waals surface area contributed by atoms with E-state index < -0.39 is 11.9 Å². The summed E-state index contributed by atoms with van der Waals surface area (Å²) in [5.41, 5.74) is 0.566. The molecule has 0 aliphatic rings. The highest BCUT2D eigenvalue weighted by Crippen LogP contribution is 2.18. The first-order valence-electron chi connectivity index (χ1n) is 11.6. The molecule has 1 aromatic carbocycles. The zero-order chi connectivity index (χ0) is 22.5. The van der Waals surface area contributed by atoms with Gasteiger partial charge in [-0.2, -0.15) is 0 Å². The van der Waals surface area contributed by atoms with Crippen LogP contribution >= 0.6 is 0 Å². The highest BCUT2D eigenvalue weighted by atomic mass is 16.5. The fraction of sp³-hybridized carbons (Fsp3) is 0.692. The molecule has 0 aliphatic carbocycles. The standard InChI is InChI=1S/C26H42O4/c1-19(2)17-21(5)11-9-15-29-25(27)23-13-7-8-14-24(23)26(28)30-16-10-12-22(6)18-20(3)4/h7-8,13-14,19-22H,9-12,15-18H2,1-6H3. The van der Waals surface area contributed by atoms with Gasteiger partial charge in [0.2, 0.25) is 0 Å². The highest BCUT2D eigenvalue weighted by Gasteiger charge is 2.19. The van der Waals surface area contributed by atoms with E-state index in [1.54, 1.807) is 24.3 Å². The summed E-state index contributed by atoms with van der Waals surface area (Å²) in [7, 11) is 0. The largest absolute Gasteiger partial charge is 0.462 e. The molecule has 0 spiro atoms. The van der Waals surface area contributed by atoms with Gasteiger partial charge in [-0.15, -0.1) is 0 Å². The van der Waals surface area contributed by atoms with Gasteiger partial charge in [0.25, 0.3) is 0 Å². The van der Waals surface area contributed by atoms with Crippen molar-refractivity contribution in [1.82, 2.24) is 0 Å². The van der Waals surface area contributed by atoms with Crippen LogP contribution in [0.15, 0.2) is 24.3 Å². The summed E-state index contributed by atoms with van der Waals surface area (Å²) in [5, 5.41) is 0. The number of hydrogen-bond acceptors (Lipinski definition) is 4. The Kier molecular flexibility index (Phi) is 12.4. The average Bonchev–Trinajstić information content (AvgIpc) is 2.67. The molecular weight excluding hydrogens is 376 g/mol. The van der Waals surface area contributed by atoms with Gasteiger partial charge in [-0.25, -0.2) is 9.59 Å². The van der Waals surface area contributed by atoms with Crippen LogP contribution in [0.1, 0.15) is 101 Å². The summed E-state index contributed by atoms with van der Waals surface area (Å²) in [6.45, 7) is 14.1. The maximum atomic E-state index is 12.5. The van der Waals surface area contributed by atoms with E-state index in [0.717, 1.165) is 25.7 Å². The molecule has 2 atom stereocenters. The van der Waals surface area contributed by atoms with Gasteiger partial charge < -0.3 is 9.47 Å². The van der Waals surface area contributed by atoms with Gasteiger partial charge >= 0.3 is 11.9 Å². The molecular formula is C26H42O4. The predicted octanol–water partition coefficient (Wildman–Crippen LogP) is 6.93. The lowest BCUT2D eigenvalue weighted by Crippen LogP contribution is -2.15. The van der Waals surface area contributed by atoms with E-state index >= 15 is 0 Å². The summed E-state index contributed by atoms with van der Waals surface area (Å²) in [5.74, 6) is 1.69. The Bertz CT molecular complexity index is 581. The summed E-state index contributed by atoms with van der Waals surface area (Å²) in [4.78, 5) is 25.0. The number of carbonyl (C=O) groups is 2. The van der Waals surface area contributed by atoms with Gasteiger partial charge in [0, 0.05) is 0 Å². The fourth-order valence-corrected chi connectivity index (χ4v) is 4.03. The quantitative estimate of drug-likeness (QED) is 0.243. The van der Waals surface area contributed by atoms with Crippen LogP contribution in [0.2, 0.25) is 0 Å². The monoisotopic (exact) mass is 418 g/mol. The minimum absolute atomic E-state index is 0.283. The number of carbonyl (C=O) groups excluding carboxylic acids is 2. The van der Waals surface area contributed by atoms with Crippen molar-refractivity contribution in [3.63, 3.8) is 0 Å². The topological polar surface area (TPSA) is 52.6 Å². The summed E-state index contributed by atoms with van der Waals surface area (Å²) < 4.78 is 10.8. The van der Waals surface area contributed by atoms with Crippen LogP contribution in [0.3, 0.4) is 0 Å². The first-order valence-corrected chi connectivity index (χ1v) is 11.6. The van der Waals surface area contributed by atoms with Crippen molar-refractivity contribution in [2.24, 2.45) is 23.7 Å². The van der Waals surface area contributed by atoms with Crippen molar-refractivity contribution in [2.45, 2.75) is 80.1 Å². The first-order chi connectivity index (χ1) is 14.2. The molecule has 4 heteroatoms. The zero-order valence-corrected chi connectivity index (χ0v) is 19.9. The maximum absolute atomic E-state index is 12.5. The summed E-state index contributed by atoms with van der Waals surface area (Å²) in [6, 6.07) is 6.74. The van der Waals surface area contributed by atoms with Crippen LogP contribution < -0.4 is 0 Å². The lowest BCUT2D eigenvalue weighted by molar-refractivity contribution is 0.0446. The number of benzene rings is 1. The van der Waals surface area contributed by atoms with Gasteiger partial charge in [-0.05, 0) is 74.3 Å². The molecule has 0 fully saturated rings. The van der Waals surface area contributed by atoms with E-state index in [1.807, 2.05) is 0 Å². The van der Waals surface area contributed by atoms with Gasteiger partial charge in [0.15, 0.2) is 0 Å². The van der Waals surface area contributed by atoms with Crippen LogP contribution in [0.5, 0.6) is 0 Å². The molecule has 0 aromatic heterocycles. The van der Waals surface area contributed by atoms with E-state index in [2.05, 4.69) is 41.5 Å². The fourth-order valence-electron chi connectivity index (χ4n) is 4.03. The molecule has 30 heavy (non-hydrogen) atoms. The van der Waals surface area contributed by atoms with Crippen molar-refractivity contribution in [2.75, 3.05) is 13.2 Å². The van der Waals surface area contributed by atoms with E-state index in [1.165, 1.54) is 12.8 Å². The van der Waals surface area contributed by atoms with E-state index in [4.69, 9.17) is 9.47 Å². The van der Waals surface area contributed by atoms with Crippen molar-refractivity contribution in [3.05, 3.63) is 35.4 Å². The molecule has 0 heterocycles. The highest BCUT2D eigenvalue weighted by molar-refractivity contribution is 6.03. The molecule has 1 aromatic rings. The third-order valence-electron chi connectivity index (χ3n) is 5.26. The number of rotatable bonds is 14. The summed E-state index contributed by atoms with van der Waals surface area (Å²) >= 11 is 0. The van der Waals surface area contributed by atoms with Crippen molar-refractivity contribution in [1.29, 1.82) is 0 Å². The minimum Gasteiger partial charge on any atom is -0.462 e. The molecule has 0 saturated carbocycles. The molecule has 0 amide bonds. The van der Waals surface area contributed by atoms with Crippen molar-refractivity contribution in [3.8, 4) is 0 Å². The number of hydrogen-bond donors (Lipinski definition) is 0. The number of ether oxygens (including phenoxy) is 2. The first kappa shape index (κ1) is 26.2. The average molecular weight is 419 g/mol. The Morgan fingerprint density at radius 3 is 1.40 bits per heavy atom. The lowest BCUT2D eigenvalue weighted by Gasteiger charge is -2.14. The van der Waals surface area contributed by atoms with Crippen LogP contribution in [0.25, 0.3) is 0 Å². The van der Waals surface area contributed by atoms with Gasteiger partial charge in [0.05, 0.1) is 24.3 Å².